The van der Waals surface area contributed by atoms with E-state index in [4.69, 9.17) is 0 Å². The maximum Gasteiger partial charge on any atom is 0.339 e. The molecule has 1 aromatic rings. The van der Waals surface area contributed by atoms with E-state index in [1.807, 2.05) is 6.07 Å². The molecule has 1 atom stereocenters. The number of hydrogen-bond acceptors (Lipinski definition) is 2. The summed E-state index contributed by atoms with van der Waals surface area (Å²) >= 11 is 0. The maximum absolute atomic E-state index is 11.2. The summed E-state index contributed by atoms with van der Waals surface area (Å²) in [5, 5.41) is 0. The van der Waals surface area contributed by atoms with Crippen LogP contribution in [0.2, 0.25) is 0 Å². The van der Waals surface area contributed by atoms with Crippen LogP contribution in [-0.4, -0.2) is 10.8 Å². The highest BCUT2D eigenvalue weighted by Crippen LogP contribution is 2.17. The van der Waals surface area contributed by atoms with Gasteiger partial charge in [-0.15, -0.1) is 0 Å². The summed E-state index contributed by atoms with van der Waals surface area (Å²) < 4.78 is 0. The highest BCUT2D eigenvalue weighted by molar-refractivity contribution is 5.82. The Balaban J connectivity index is 2.36. The second-order valence-corrected chi connectivity index (χ2v) is 2.74. The van der Waals surface area contributed by atoms with E-state index in [-0.39, 0.29) is 5.91 Å². The Hall–Kier alpha value is -1.91. The van der Waals surface area contributed by atoms with E-state index >= 15 is 0 Å². The van der Waals surface area contributed by atoms with Crippen molar-refractivity contribution in [1.82, 2.24) is 11.0 Å². The molecule has 1 fully saturated rings. The lowest BCUT2D eigenvalue weighted by Gasteiger charge is -1.95. The summed E-state index contributed by atoms with van der Waals surface area (Å²) in [6, 6.07) is 8.11. The van der Waals surface area contributed by atoms with E-state index in [2.05, 4.69) is 11.0 Å². The second-order valence-electron chi connectivity index (χ2n) is 2.74. The van der Waals surface area contributed by atoms with Crippen molar-refractivity contribution in [2.45, 2.75) is 6.04 Å². The van der Waals surface area contributed by atoms with E-state index in [9.17, 15) is 9.70 Å². The third-order valence-corrected chi connectivity index (χ3v) is 1.89. The fraction of sp³-hybridized carbons (Fsp3) is 0.125. The first kappa shape index (κ1) is 7.72. The van der Waals surface area contributed by atoms with Crippen molar-refractivity contribution in [3.05, 3.63) is 40.8 Å². The smallest absolute Gasteiger partial charge is 0.264 e. The number of carbonyl (C=O) groups is 1. The van der Waals surface area contributed by atoms with Crippen LogP contribution in [0.3, 0.4) is 0 Å². The molecule has 1 aromatic carbocycles. The Kier molecular flexibility index (Phi) is 1.70. The van der Waals surface area contributed by atoms with E-state index < -0.39 is 6.04 Å². The fourth-order valence-electron chi connectivity index (χ4n) is 1.27. The van der Waals surface area contributed by atoms with Gasteiger partial charge in [-0.2, -0.15) is 0 Å². The fourth-order valence-corrected chi connectivity index (χ4v) is 1.27. The molecule has 0 saturated carbocycles. The number of rotatable bonds is 1. The van der Waals surface area contributed by atoms with Crippen molar-refractivity contribution < 1.29 is 9.66 Å². The van der Waals surface area contributed by atoms with Gasteiger partial charge >= 0.3 is 11.9 Å². The standard InChI is InChI=1S/C8H7N3O2/c12-8-7(11(13)10-9-8)6-4-2-1-3-5-6/h1-5,7H,(H-,9,10,12,13)/p+1. The topological polar surface area (TPSA) is 61.2 Å². The van der Waals surface area contributed by atoms with Gasteiger partial charge in [0.05, 0.1) is 4.91 Å². The van der Waals surface area contributed by atoms with E-state index in [1.165, 1.54) is 0 Å². The molecule has 0 aromatic heterocycles. The quantitative estimate of drug-likeness (QED) is 0.597. The molecule has 2 N–H and O–H groups in total. The zero-order chi connectivity index (χ0) is 9.26. The Bertz CT molecular complexity index is 334. The van der Waals surface area contributed by atoms with Crippen LogP contribution in [-0.2, 0) is 4.79 Å². The van der Waals surface area contributed by atoms with Crippen molar-refractivity contribution in [3.8, 4) is 0 Å². The zero-order valence-corrected chi connectivity index (χ0v) is 6.73. The lowest BCUT2D eigenvalue weighted by molar-refractivity contribution is -0.623. The monoisotopic (exact) mass is 178 g/mol. The molecule has 1 saturated heterocycles. The molecular weight excluding hydrogens is 170 g/mol. The van der Waals surface area contributed by atoms with Crippen molar-refractivity contribution in [3.63, 3.8) is 0 Å². The van der Waals surface area contributed by atoms with Gasteiger partial charge in [0, 0.05) is 5.56 Å². The van der Waals surface area contributed by atoms with Crippen LogP contribution in [0, 0.1) is 4.91 Å². The number of hydrogen-bond donors (Lipinski definition) is 2. The zero-order valence-electron chi connectivity index (χ0n) is 6.73. The number of nitroso groups, excluding NO2 is 1. The van der Waals surface area contributed by atoms with Gasteiger partial charge in [-0.3, -0.25) is 4.79 Å². The first-order chi connectivity index (χ1) is 6.29. The summed E-state index contributed by atoms with van der Waals surface area (Å²) in [5.41, 5.74) is 5.12. The predicted octanol–water partition coefficient (Wildman–Crippen LogP) is 0.0560. The highest BCUT2D eigenvalue weighted by Gasteiger charge is 2.42. The molecule has 1 unspecified atom stereocenters. The van der Waals surface area contributed by atoms with Crippen LogP contribution in [0.5, 0.6) is 0 Å². The number of nitrogens with one attached hydrogen (secondary N) is 2. The maximum atomic E-state index is 11.2. The van der Waals surface area contributed by atoms with Gasteiger partial charge in [0.1, 0.15) is 0 Å². The molecule has 0 spiro atoms. The Morgan fingerprint density at radius 3 is 2.46 bits per heavy atom. The number of hydrazine groups is 2. The number of benzene rings is 1. The van der Waals surface area contributed by atoms with Gasteiger partial charge in [0.25, 0.3) is 0 Å². The Labute approximate surface area is 74.3 Å². The second kappa shape index (κ2) is 2.85. The van der Waals surface area contributed by atoms with E-state index in [1.54, 1.807) is 24.3 Å². The van der Waals surface area contributed by atoms with Gasteiger partial charge in [0.2, 0.25) is 0 Å². The molecule has 5 nitrogen and oxygen atoms in total. The first-order valence-corrected chi connectivity index (χ1v) is 3.86. The first-order valence-electron chi connectivity index (χ1n) is 3.86. The van der Waals surface area contributed by atoms with Crippen molar-refractivity contribution in [1.29, 1.82) is 0 Å². The number of nitrogens with zero attached hydrogens (tertiary/aromatic N) is 1. The average molecular weight is 178 g/mol. The van der Waals surface area contributed by atoms with E-state index in [0.717, 1.165) is 0 Å². The summed E-state index contributed by atoms with van der Waals surface area (Å²) in [7, 11) is 0. The molecule has 0 bridgehead atoms. The number of amides is 1. The third kappa shape index (κ3) is 1.24. The Morgan fingerprint density at radius 1 is 1.23 bits per heavy atom. The van der Waals surface area contributed by atoms with E-state index in [0.29, 0.717) is 10.4 Å². The molecule has 1 heterocycles. The molecule has 2 rings (SSSR count). The van der Waals surface area contributed by atoms with Gasteiger partial charge in [-0.25, -0.2) is 5.43 Å². The lowest BCUT2D eigenvalue weighted by atomic mass is 10.1. The molecule has 1 aliphatic heterocycles. The van der Waals surface area contributed by atoms with Crippen LogP contribution in [0.1, 0.15) is 11.6 Å². The summed E-state index contributed by atoms with van der Waals surface area (Å²) in [4.78, 5) is 22.8. The van der Waals surface area contributed by atoms with Crippen molar-refractivity contribution in [2.24, 2.45) is 0 Å². The van der Waals surface area contributed by atoms with Crippen LogP contribution in [0.4, 0.5) is 0 Å². The van der Waals surface area contributed by atoms with Crippen LogP contribution in [0.15, 0.2) is 30.3 Å². The SMILES string of the molecule is O=C1NN[N+](=O)C1c1ccccc1. The van der Waals surface area contributed by atoms with Crippen LogP contribution >= 0.6 is 0 Å². The molecule has 5 heteroatoms. The van der Waals surface area contributed by atoms with Gasteiger partial charge in [-0.1, -0.05) is 35.9 Å². The largest absolute Gasteiger partial charge is 0.339 e. The predicted molar refractivity (Wildman–Crippen MR) is 44.1 cm³/mol. The minimum atomic E-state index is -0.777. The normalized spacial score (nSPS) is 21.1. The summed E-state index contributed by atoms with van der Waals surface area (Å²) in [6.45, 7) is 0. The molecular formula is C8H8N3O2+. The average Bonchev–Trinajstić information content (AvgIpc) is 2.48. The lowest BCUT2D eigenvalue weighted by Crippen LogP contribution is -2.28. The molecule has 66 valence electrons. The minimum Gasteiger partial charge on any atom is -0.264 e. The molecule has 0 aliphatic carbocycles. The van der Waals surface area contributed by atoms with Crippen LogP contribution in [0.25, 0.3) is 0 Å². The molecule has 1 aliphatic rings. The summed E-state index contributed by atoms with van der Waals surface area (Å²) in [5.74, 6) is -0.332. The number of carbonyl (C=O) groups excluding carboxylic acids is 1. The van der Waals surface area contributed by atoms with Gasteiger partial charge in [0.15, 0.2) is 4.87 Å². The van der Waals surface area contributed by atoms with Crippen LogP contribution < -0.4 is 11.0 Å². The van der Waals surface area contributed by atoms with Gasteiger partial charge < -0.3 is 0 Å². The Morgan fingerprint density at radius 2 is 1.92 bits per heavy atom. The molecule has 0 radical (unpaired) electrons. The highest BCUT2D eigenvalue weighted by atomic mass is 16.3. The molecule has 1 amide bonds. The third-order valence-electron chi connectivity index (χ3n) is 1.89. The summed E-state index contributed by atoms with van der Waals surface area (Å²) in [6.07, 6.45) is 0. The van der Waals surface area contributed by atoms with Crippen molar-refractivity contribution in [2.75, 3.05) is 0 Å². The van der Waals surface area contributed by atoms with Crippen molar-refractivity contribution >= 4 is 5.91 Å². The minimum absolute atomic E-state index is 0.332. The van der Waals surface area contributed by atoms with Gasteiger partial charge in [-0.05, 0) is 0 Å². The molecule has 13 heavy (non-hydrogen) atoms.